The van der Waals surface area contributed by atoms with Gasteiger partial charge in [0.25, 0.3) is 0 Å². The van der Waals surface area contributed by atoms with Crippen LogP contribution in [0.1, 0.15) is 52.9 Å². The molecule has 0 aromatic rings. The Kier molecular flexibility index (Phi) is 12.3. The van der Waals surface area contributed by atoms with Crippen molar-refractivity contribution < 1.29 is 5.11 Å². The Morgan fingerprint density at radius 3 is 2.00 bits per heavy atom. The van der Waals surface area contributed by atoms with Crippen LogP contribution in [-0.2, 0) is 0 Å². The van der Waals surface area contributed by atoms with E-state index in [9.17, 15) is 5.11 Å². The number of nitrogens with zero attached hydrogens (tertiary/aromatic N) is 1. The second-order valence-electron chi connectivity index (χ2n) is 4.77. The van der Waals surface area contributed by atoms with E-state index >= 15 is 0 Å². The molecule has 17 heavy (non-hydrogen) atoms. The van der Waals surface area contributed by atoms with Gasteiger partial charge < -0.3 is 15.3 Å². The number of likely N-dealkylation sites (N-methyl/N-ethyl adjacent to an activating group) is 1. The van der Waals surface area contributed by atoms with Gasteiger partial charge in [-0.1, -0.05) is 33.6 Å². The van der Waals surface area contributed by atoms with E-state index in [0.29, 0.717) is 0 Å². The first kappa shape index (κ1) is 16.9. The molecule has 3 nitrogen and oxygen atoms in total. The Morgan fingerprint density at radius 1 is 1.00 bits per heavy atom. The van der Waals surface area contributed by atoms with Gasteiger partial charge in [-0.2, -0.15) is 0 Å². The fourth-order valence-electron chi connectivity index (χ4n) is 1.98. The van der Waals surface area contributed by atoms with Crippen LogP contribution >= 0.6 is 0 Å². The Morgan fingerprint density at radius 2 is 1.59 bits per heavy atom. The quantitative estimate of drug-likeness (QED) is 0.553. The summed E-state index contributed by atoms with van der Waals surface area (Å²) in [5.74, 6) is 0. The molecule has 2 N–H and O–H groups in total. The van der Waals surface area contributed by atoms with Crippen molar-refractivity contribution in [2.24, 2.45) is 0 Å². The smallest absolute Gasteiger partial charge is 0.0585 e. The zero-order valence-corrected chi connectivity index (χ0v) is 12.0. The van der Waals surface area contributed by atoms with Crippen molar-refractivity contribution in [1.82, 2.24) is 10.2 Å². The SMILES string of the molecule is CCCCN(CCCC)CCC(CO)NCC. The molecule has 0 aliphatic rings. The molecule has 0 aliphatic heterocycles. The first-order valence-corrected chi connectivity index (χ1v) is 7.34. The van der Waals surface area contributed by atoms with Gasteiger partial charge in [0.15, 0.2) is 0 Å². The lowest BCUT2D eigenvalue weighted by molar-refractivity contribution is 0.204. The van der Waals surface area contributed by atoms with Crippen LogP contribution in [0.4, 0.5) is 0 Å². The third kappa shape index (κ3) is 9.57. The monoisotopic (exact) mass is 244 g/mol. The fourth-order valence-corrected chi connectivity index (χ4v) is 1.98. The van der Waals surface area contributed by atoms with E-state index in [-0.39, 0.29) is 12.6 Å². The molecule has 0 spiro atoms. The second-order valence-corrected chi connectivity index (χ2v) is 4.77. The van der Waals surface area contributed by atoms with Crippen LogP contribution in [0.15, 0.2) is 0 Å². The zero-order valence-electron chi connectivity index (χ0n) is 12.0. The lowest BCUT2D eigenvalue weighted by Crippen LogP contribution is -2.37. The number of hydrogen-bond acceptors (Lipinski definition) is 3. The van der Waals surface area contributed by atoms with Crippen molar-refractivity contribution in [3.8, 4) is 0 Å². The summed E-state index contributed by atoms with van der Waals surface area (Å²) in [6, 6.07) is 0.269. The number of aliphatic hydroxyl groups is 1. The van der Waals surface area contributed by atoms with Crippen LogP contribution in [0.25, 0.3) is 0 Å². The summed E-state index contributed by atoms with van der Waals surface area (Å²) in [5, 5.41) is 12.6. The topological polar surface area (TPSA) is 35.5 Å². The molecule has 0 radical (unpaired) electrons. The lowest BCUT2D eigenvalue weighted by atomic mass is 10.2. The van der Waals surface area contributed by atoms with Gasteiger partial charge in [-0.3, -0.25) is 0 Å². The Bertz CT molecular complexity index is 145. The van der Waals surface area contributed by atoms with Crippen molar-refractivity contribution in [2.45, 2.75) is 58.9 Å². The summed E-state index contributed by atoms with van der Waals surface area (Å²) < 4.78 is 0. The second kappa shape index (κ2) is 12.3. The Labute approximate surface area is 108 Å². The number of aliphatic hydroxyl groups excluding tert-OH is 1. The molecule has 0 heterocycles. The molecule has 0 aliphatic carbocycles. The molecule has 1 atom stereocenters. The molecule has 0 aromatic heterocycles. The molecule has 0 rings (SSSR count). The molecular formula is C14H32N2O. The van der Waals surface area contributed by atoms with E-state index in [1.807, 2.05) is 0 Å². The van der Waals surface area contributed by atoms with Crippen molar-refractivity contribution in [3.63, 3.8) is 0 Å². The predicted octanol–water partition coefficient (Wildman–Crippen LogP) is 2.25. The molecular weight excluding hydrogens is 212 g/mol. The molecule has 0 saturated carbocycles. The molecule has 0 saturated heterocycles. The third-order valence-corrected chi connectivity index (χ3v) is 3.16. The number of rotatable bonds is 12. The van der Waals surface area contributed by atoms with Gasteiger partial charge in [0.1, 0.15) is 0 Å². The number of nitrogens with one attached hydrogen (secondary N) is 1. The largest absolute Gasteiger partial charge is 0.395 e. The first-order valence-electron chi connectivity index (χ1n) is 7.34. The number of hydrogen-bond donors (Lipinski definition) is 2. The minimum absolute atomic E-state index is 0.253. The van der Waals surface area contributed by atoms with Gasteiger partial charge in [-0.15, -0.1) is 0 Å². The number of unbranched alkanes of at least 4 members (excludes halogenated alkanes) is 2. The van der Waals surface area contributed by atoms with E-state index in [4.69, 9.17) is 0 Å². The average Bonchev–Trinajstić information content (AvgIpc) is 2.36. The minimum atomic E-state index is 0.253. The van der Waals surface area contributed by atoms with E-state index in [0.717, 1.165) is 19.5 Å². The van der Waals surface area contributed by atoms with Crippen LogP contribution in [0.3, 0.4) is 0 Å². The van der Waals surface area contributed by atoms with Crippen LogP contribution < -0.4 is 5.32 Å². The molecule has 0 aromatic carbocycles. The maximum absolute atomic E-state index is 9.24. The highest BCUT2D eigenvalue weighted by Crippen LogP contribution is 2.02. The highest BCUT2D eigenvalue weighted by atomic mass is 16.3. The highest BCUT2D eigenvalue weighted by molar-refractivity contribution is 4.68. The average molecular weight is 244 g/mol. The molecule has 104 valence electrons. The highest BCUT2D eigenvalue weighted by Gasteiger charge is 2.09. The van der Waals surface area contributed by atoms with Gasteiger partial charge in [-0.05, 0) is 45.4 Å². The minimum Gasteiger partial charge on any atom is -0.395 e. The molecule has 0 amide bonds. The van der Waals surface area contributed by atoms with Gasteiger partial charge >= 0.3 is 0 Å². The summed E-state index contributed by atoms with van der Waals surface area (Å²) in [5.41, 5.74) is 0. The first-order chi connectivity index (χ1) is 8.28. The van der Waals surface area contributed by atoms with E-state index in [1.54, 1.807) is 0 Å². The van der Waals surface area contributed by atoms with E-state index in [2.05, 4.69) is 31.0 Å². The molecule has 0 fully saturated rings. The van der Waals surface area contributed by atoms with Crippen molar-refractivity contribution in [3.05, 3.63) is 0 Å². The molecule has 0 bridgehead atoms. The molecule has 3 heteroatoms. The summed E-state index contributed by atoms with van der Waals surface area (Å²) in [6.07, 6.45) is 6.15. The maximum Gasteiger partial charge on any atom is 0.0585 e. The van der Waals surface area contributed by atoms with Gasteiger partial charge in [0.2, 0.25) is 0 Å². The van der Waals surface area contributed by atoms with Gasteiger partial charge in [-0.25, -0.2) is 0 Å². The van der Waals surface area contributed by atoms with Crippen molar-refractivity contribution in [1.29, 1.82) is 0 Å². The molecule has 1 unspecified atom stereocenters. The maximum atomic E-state index is 9.24. The van der Waals surface area contributed by atoms with Gasteiger partial charge in [0.05, 0.1) is 6.61 Å². The van der Waals surface area contributed by atoms with Crippen molar-refractivity contribution in [2.75, 3.05) is 32.8 Å². The van der Waals surface area contributed by atoms with E-state index in [1.165, 1.54) is 38.8 Å². The summed E-state index contributed by atoms with van der Waals surface area (Å²) in [6.45, 7) is 11.3. The Hall–Kier alpha value is -0.120. The standard InChI is InChI=1S/C14H32N2O/c1-4-7-10-16(11-8-5-2)12-9-14(13-17)15-6-3/h14-15,17H,4-13H2,1-3H3. The van der Waals surface area contributed by atoms with E-state index < -0.39 is 0 Å². The van der Waals surface area contributed by atoms with Crippen LogP contribution in [0.5, 0.6) is 0 Å². The third-order valence-electron chi connectivity index (χ3n) is 3.16. The summed E-state index contributed by atoms with van der Waals surface area (Å²) in [7, 11) is 0. The van der Waals surface area contributed by atoms with Crippen LogP contribution in [0.2, 0.25) is 0 Å². The normalized spacial score (nSPS) is 13.2. The fraction of sp³-hybridized carbons (Fsp3) is 1.00. The Balaban J connectivity index is 3.85. The van der Waals surface area contributed by atoms with Crippen LogP contribution in [0, 0.1) is 0 Å². The van der Waals surface area contributed by atoms with Gasteiger partial charge in [0, 0.05) is 6.04 Å². The lowest BCUT2D eigenvalue weighted by Gasteiger charge is -2.24. The predicted molar refractivity (Wildman–Crippen MR) is 75.4 cm³/mol. The van der Waals surface area contributed by atoms with Crippen molar-refractivity contribution >= 4 is 0 Å². The van der Waals surface area contributed by atoms with Crippen LogP contribution in [-0.4, -0.2) is 48.8 Å². The zero-order chi connectivity index (χ0) is 12.9. The summed E-state index contributed by atoms with van der Waals surface area (Å²) >= 11 is 0. The summed E-state index contributed by atoms with van der Waals surface area (Å²) in [4.78, 5) is 2.55.